The average molecular weight is 380 g/mol. The molecule has 0 aromatic heterocycles. The summed E-state index contributed by atoms with van der Waals surface area (Å²) >= 11 is 0. The first-order valence-electron chi connectivity index (χ1n) is 9.62. The van der Waals surface area contributed by atoms with Crippen LogP contribution in [0.4, 0.5) is 5.69 Å². The summed E-state index contributed by atoms with van der Waals surface area (Å²) in [6.07, 6.45) is 0.853. The highest BCUT2D eigenvalue weighted by Crippen LogP contribution is 2.25. The lowest BCUT2D eigenvalue weighted by Crippen LogP contribution is -2.54. The van der Waals surface area contributed by atoms with E-state index in [1.165, 1.54) is 5.56 Å². The Labute approximate surface area is 164 Å². The number of hydrogen-bond acceptors (Lipinski definition) is 4. The summed E-state index contributed by atoms with van der Waals surface area (Å²) in [5, 5.41) is 9.05. The summed E-state index contributed by atoms with van der Waals surface area (Å²) < 4.78 is 5.58. The number of fused-ring (bicyclic) bond motifs is 1. The molecule has 28 heavy (non-hydrogen) atoms. The molecule has 0 aliphatic carbocycles. The summed E-state index contributed by atoms with van der Waals surface area (Å²) in [4.78, 5) is 28.4. The predicted molar refractivity (Wildman–Crippen MR) is 106 cm³/mol. The highest BCUT2D eigenvalue weighted by molar-refractivity contribution is 5.96. The smallest absolute Gasteiger partial charge is 0.335 e. The molecular weight excluding hydrogens is 356 g/mol. The van der Waals surface area contributed by atoms with E-state index in [2.05, 4.69) is 17.9 Å². The number of hydrogen-bond donors (Lipinski definition) is 1. The molecule has 1 N–H and O–H groups in total. The molecule has 2 aromatic rings. The molecule has 2 aromatic carbocycles. The SMILES string of the molecule is CC1CN(c2ccc(C(=O)O)cc2)CCN1C(=O)c1cccc2c1COCC2. The van der Waals surface area contributed by atoms with E-state index in [-0.39, 0.29) is 17.5 Å². The van der Waals surface area contributed by atoms with E-state index < -0.39 is 5.97 Å². The quantitative estimate of drug-likeness (QED) is 0.887. The number of ether oxygens (including phenoxy) is 1. The van der Waals surface area contributed by atoms with Crippen LogP contribution in [0.15, 0.2) is 42.5 Å². The average Bonchev–Trinajstić information content (AvgIpc) is 2.73. The molecule has 1 fully saturated rings. The number of anilines is 1. The Bertz CT molecular complexity index is 894. The molecule has 1 amide bonds. The van der Waals surface area contributed by atoms with Crippen molar-refractivity contribution < 1.29 is 19.4 Å². The minimum Gasteiger partial charge on any atom is -0.478 e. The Morgan fingerprint density at radius 2 is 1.89 bits per heavy atom. The normalized spacial score (nSPS) is 19.2. The Morgan fingerprint density at radius 1 is 1.11 bits per heavy atom. The molecule has 2 aliphatic rings. The van der Waals surface area contributed by atoms with Crippen molar-refractivity contribution in [2.45, 2.75) is 26.0 Å². The van der Waals surface area contributed by atoms with Crippen molar-refractivity contribution in [3.63, 3.8) is 0 Å². The summed E-state index contributed by atoms with van der Waals surface area (Å²) in [6, 6.07) is 12.9. The second kappa shape index (κ2) is 7.64. The van der Waals surface area contributed by atoms with Gasteiger partial charge in [0.25, 0.3) is 5.91 Å². The Kier molecular flexibility index (Phi) is 5.05. The molecule has 1 unspecified atom stereocenters. The zero-order valence-electron chi connectivity index (χ0n) is 15.9. The van der Waals surface area contributed by atoms with Gasteiger partial charge in [0.15, 0.2) is 0 Å². The van der Waals surface area contributed by atoms with Gasteiger partial charge in [0.2, 0.25) is 0 Å². The number of carboxylic acid groups (broad SMARTS) is 1. The Hall–Kier alpha value is -2.86. The van der Waals surface area contributed by atoms with Crippen LogP contribution in [0.25, 0.3) is 0 Å². The van der Waals surface area contributed by atoms with Gasteiger partial charge >= 0.3 is 5.97 Å². The third-order valence-corrected chi connectivity index (χ3v) is 5.63. The van der Waals surface area contributed by atoms with Crippen molar-refractivity contribution in [1.29, 1.82) is 0 Å². The van der Waals surface area contributed by atoms with Gasteiger partial charge in [-0.2, -0.15) is 0 Å². The van der Waals surface area contributed by atoms with Crippen LogP contribution in [0.5, 0.6) is 0 Å². The van der Waals surface area contributed by atoms with Gasteiger partial charge in [-0.3, -0.25) is 4.79 Å². The lowest BCUT2D eigenvalue weighted by atomic mass is 9.96. The molecule has 2 heterocycles. The molecule has 0 radical (unpaired) electrons. The maximum Gasteiger partial charge on any atom is 0.335 e. The Morgan fingerprint density at radius 3 is 2.61 bits per heavy atom. The summed E-state index contributed by atoms with van der Waals surface area (Å²) in [5.74, 6) is -0.860. The van der Waals surface area contributed by atoms with Crippen LogP contribution in [0.2, 0.25) is 0 Å². The predicted octanol–water partition coefficient (Wildman–Crippen LogP) is 2.81. The number of carbonyl (C=O) groups excluding carboxylic acids is 1. The number of rotatable bonds is 3. The van der Waals surface area contributed by atoms with E-state index in [1.54, 1.807) is 12.1 Å². The molecule has 2 aliphatic heterocycles. The fourth-order valence-corrected chi connectivity index (χ4v) is 4.06. The van der Waals surface area contributed by atoms with Gasteiger partial charge < -0.3 is 19.6 Å². The number of carbonyl (C=O) groups is 2. The van der Waals surface area contributed by atoms with E-state index in [4.69, 9.17) is 9.84 Å². The molecule has 6 nitrogen and oxygen atoms in total. The van der Waals surface area contributed by atoms with Crippen LogP contribution in [0, 0.1) is 0 Å². The molecule has 0 bridgehead atoms. The molecule has 1 atom stereocenters. The second-order valence-electron chi connectivity index (χ2n) is 7.39. The molecule has 0 spiro atoms. The highest BCUT2D eigenvalue weighted by atomic mass is 16.5. The minimum absolute atomic E-state index is 0.0563. The van der Waals surface area contributed by atoms with Crippen molar-refractivity contribution in [3.05, 3.63) is 64.7 Å². The number of amides is 1. The van der Waals surface area contributed by atoms with Crippen LogP contribution in [0.1, 0.15) is 38.8 Å². The molecular formula is C22H24N2O4. The maximum atomic E-state index is 13.2. The van der Waals surface area contributed by atoms with E-state index in [9.17, 15) is 9.59 Å². The van der Waals surface area contributed by atoms with E-state index in [1.807, 2.05) is 29.2 Å². The first-order chi connectivity index (χ1) is 13.5. The lowest BCUT2D eigenvalue weighted by Gasteiger charge is -2.41. The monoisotopic (exact) mass is 380 g/mol. The summed E-state index contributed by atoms with van der Waals surface area (Å²) in [6.45, 7) is 5.33. The molecule has 1 saturated heterocycles. The van der Waals surface area contributed by atoms with Gasteiger partial charge in [-0.25, -0.2) is 4.79 Å². The van der Waals surface area contributed by atoms with Gasteiger partial charge in [-0.1, -0.05) is 12.1 Å². The van der Waals surface area contributed by atoms with E-state index >= 15 is 0 Å². The van der Waals surface area contributed by atoms with Crippen LogP contribution in [-0.2, 0) is 17.8 Å². The van der Waals surface area contributed by atoms with Crippen molar-refractivity contribution >= 4 is 17.6 Å². The second-order valence-corrected chi connectivity index (χ2v) is 7.39. The third kappa shape index (κ3) is 3.47. The maximum absolute atomic E-state index is 13.2. The molecule has 6 heteroatoms. The van der Waals surface area contributed by atoms with Gasteiger partial charge in [0, 0.05) is 36.9 Å². The fourth-order valence-electron chi connectivity index (χ4n) is 4.06. The zero-order valence-corrected chi connectivity index (χ0v) is 15.9. The van der Waals surface area contributed by atoms with E-state index in [0.717, 1.165) is 23.2 Å². The molecule has 0 saturated carbocycles. The fraction of sp³-hybridized carbons (Fsp3) is 0.364. The highest BCUT2D eigenvalue weighted by Gasteiger charge is 2.30. The minimum atomic E-state index is -0.925. The third-order valence-electron chi connectivity index (χ3n) is 5.63. The van der Waals surface area contributed by atoms with Crippen molar-refractivity contribution in [2.24, 2.45) is 0 Å². The topological polar surface area (TPSA) is 70.1 Å². The van der Waals surface area contributed by atoms with Crippen molar-refractivity contribution in [2.75, 3.05) is 31.1 Å². The Balaban J connectivity index is 1.49. The number of piperazine rings is 1. The van der Waals surface area contributed by atoms with Crippen LogP contribution < -0.4 is 4.90 Å². The van der Waals surface area contributed by atoms with Gasteiger partial charge in [-0.05, 0) is 54.8 Å². The summed E-state index contributed by atoms with van der Waals surface area (Å²) in [5.41, 5.74) is 4.25. The molecule has 4 rings (SSSR count). The number of nitrogens with zero attached hydrogens (tertiary/aromatic N) is 2. The van der Waals surface area contributed by atoms with Crippen LogP contribution >= 0.6 is 0 Å². The van der Waals surface area contributed by atoms with E-state index in [0.29, 0.717) is 32.8 Å². The molecule has 146 valence electrons. The number of benzene rings is 2. The number of aromatic carboxylic acids is 1. The standard InChI is InChI=1S/C22H24N2O4/c1-15-13-23(18-7-5-17(6-8-18)22(26)27)10-11-24(15)21(25)19-4-2-3-16-9-12-28-14-20(16)19/h2-8,15H,9-14H2,1H3,(H,26,27). The van der Waals surface area contributed by atoms with Crippen molar-refractivity contribution in [3.8, 4) is 0 Å². The first kappa shape index (κ1) is 18.5. The first-order valence-corrected chi connectivity index (χ1v) is 9.62. The van der Waals surface area contributed by atoms with Gasteiger partial charge in [-0.15, -0.1) is 0 Å². The van der Waals surface area contributed by atoms with Gasteiger partial charge in [0.1, 0.15) is 0 Å². The van der Waals surface area contributed by atoms with Crippen molar-refractivity contribution in [1.82, 2.24) is 4.90 Å². The lowest BCUT2D eigenvalue weighted by molar-refractivity contribution is 0.0658. The number of carboxylic acids is 1. The zero-order chi connectivity index (χ0) is 19.7. The van der Waals surface area contributed by atoms with Gasteiger partial charge in [0.05, 0.1) is 18.8 Å². The van der Waals surface area contributed by atoms with Crippen LogP contribution in [-0.4, -0.2) is 54.2 Å². The largest absolute Gasteiger partial charge is 0.478 e. The summed E-state index contributed by atoms with van der Waals surface area (Å²) in [7, 11) is 0. The van der Waals surface area contributed by atoms with Crippen LogP contribution in [0.3, 0.4) is 0 Å².